The second kappa shape index (κ2) is 12.2. The van der Waals surface area contributed by atoms with Crippen LogP contribution in [-0.4, -0.2) is 77.2 Å². The van der Waals surface area contributed by atoms with Gasteiger partial charge in [-0.05, 0) is 24.8 Å². The molecule has 2 heterocycles. The van der Waals surface area contributed by atoms with E-state index >= 15 is 0 Å². The lowest BCUT2D eigenvalue weighted by molar-refractivity contribution is -0.137. The summed E-state index contributed by atoms with van der Waals surface area (Å²) in [4.78, 5) is 31.3. The zero-order valence-corrected chi connectivity index (χ0v) is 17.9. The second-order valence-electron chi connectivity index (χ2n) is 7.64. The molecule has 1 unspecified atom stereocenters. The predicted octanol–water partition coefficient (Wildman–Crippen LogP) is 0.224. The summed E-state index contributed by atoms with van der Waals surface area (Å²) in [5.41, 5.74) is 1.13. The van der Waals surface area contributed by atoms with E-state index in [2.05, 4.69) is 15.6 Å². The predicted molar refractivity (Wildman–Crippen MR) is 117 cm³/mol. The fourth-order valence-corrected chi connectivity index (χ4v) is 3.52. The van der Waals surface area contributed by atoms with Crippen LogP contribution in [0.5, 0.6) is 0 Å². The minimum Gasteiger partial charge on any atom is -0.432 e. The van der Waals surface area contributed by atoms with Crippen molar-refractivity contribution in [3.05, 3.63) is 48.4 Å². The number of ether oxygens (including phenoxy) is 1. The summed E-state index contributed by atoms with van der Waals surface area (Å²) >= 11 is 0. The fraction of sp³-hybridized carbons (Fsp3) is 0.476. The summed E-state index contributed by atoms with van der Waals surface area (Å²) in [6.45, 7) is 1.83. The number of aromatic nitrogens is 1. The minimum absolute atomic E-state index is 0.102. The summed E-state index contributed by atoms with van der Waals surface area (Å²) in [6.07, 6.45) is 4.40. The van der Waals surface area contributed by atoms with Crippen LogP contribution < -0.4 is 10.6 Å². The van der Waals surface area contributed by atoms with Crippen LogP contribution in [0.1, 0.15) is 24.8 Å². The van der Waals surface area contributed by atoms with Gasteiger partial charge in [-0.25, -0.2) is 4.98 Å². The molecule has 0 aliphatic carbocycles. The standard InChI is InChI=1S/C21H29BN4O6/c27-19(26-10-13-31-14-11-26)15-17(24-21-23-9-12-32-21)20(28)25-18(22(29)30)8-4-7-16-5-2-1-3-6-16/h1-3,5-6,9,12,17-18,29-30H,4,7-8,10-11,13-15H2,(H,23,24)(H,25,28)/t17?,18-/m0/s1. The Morgan fingerprint density at radius 1 is 1.19 bits per heavy atom. The highest BCUT2D eigenvalue weighted by molar-refractivity contribution is 6.43. The van der Waals surface area contributed by atoms with E-state index in [1.165, 1.54) is 12.5 Å². The van der Waals surface area contributed by atoms with Crippen molar-refractivity contribution in [1.29, 1.82) is 0 Å². The molecule has 3 rings (SSSR count). The van der Waals surface area contributed by atoms with Gasteiger partial charge in [-0.2, -0.15) is 0 Å². The van der Waals surface area contributed by atoms with Gasteiger partial charge in [-0.15, -0.1) is 0 Å². The van der Waals surface area contributed by atoms with E-state index in [0.29, 0.717) is 39.1 Å². The van der Waals surface area contributed by atoms with Gasteiger partial charge in [-0.3, -0.25) is 9.59 Å². The lowest BCUT2D eigenvalue weighted by atomic mass is 9.76. The fourth-order valence-electron chi connectivity index (χ4n) is 3.52. The molecule has 0 saturated carbocycles. The van der Waals surface area contributed by atoms with Gasteiger partial charge in [0.05, 0.1) is 31.8 Å². The van der Waals surface area contributed by atoms with Gasteiger partial charge in [0.25, 0.3) is 6.01 Å². The van der Waals surface area contributed by atoms with E-state index in [4.69, 9.17) is 9.15 Å². The molecule has 11 heteroatoms. The maximum Gasteiger partial charge on any atom is 0.475 e. The number of carbonyl (C=O) groups is 2. The molecule has 2 amide bonds. The summed E-state index contributed by atoms with van der Waals surface area (Å²) in [5.74, 6) is -1.63. The number of amides is 2. The maximum absolute atomic E-state index is 13.0. The van der Waals surface area contributed by atoms with Crippen LogP contribution in [0.15, 0.2) is 47.2 Å². The Hall–Kier alpha value is -2.89. The number of carbonyl (C=O) groups excluding carboxylic acids is 2. The largest absolute Gasteiger partial charge is 0.475 e. The quantitative estimate of drug-likeness (QED) is 0.362. The highest BCUT2D eigenvalue weighted by atomic mass is 16.5. The van der Waals surface area contributed by atoms with Crippen molar-refractivity contribution in [2.75, 3.05) is 31.6 Å². The Morgan fingerprint density at radius 3 is 2.59 bits per heavy atom. The molecule has 10 nitrogen and oxygen atoms in total. The van der Waals surface area contributed by atoms with E-state index < -0.39 is 25.0 Å². The van der Waals surface area contributed by atoms with Gasteiger partial charge in [0.15, 0.2) is 0 Å². The highest BCUT2D eigenvalue weighted by Crippen LogP contribution is 2.12. The lowest BCUT2D eigenvalue weighted by Crippen LogP contribution is -2.53. The van der Waals surface area contributed by atoms with Gasteiger partial charge < -0.3 is 34.7 Å². The number of hydrogen-bond acceptors (Lipinski definition) is 8. The van der Waals surface area contributed by atoms with Crippen molar-refractivity contribution in [1.82, 2.24) is 15.2 Å². The van der Waals surface area contributed by atoms with Crippen LogP contribution in [0.2, 0.25) is 0 Å². The van der Waals surface area contributed by atoms with Crippen molar-refractivity contribution in [3.8, 4) is 0 Å². The molecular formula is C21H29BN4O6. The van der Waals surface area contributed by atoms with Crippen LogP contribution >= 0.6 is 0 Å². The Morgan fingerprint density at radius 2 is 1.94 bits per heavy atom. The third-order valence-electron chi connectivity index (χ3n) is 5.30. The molecule has 1 aromatic heterocycles. The first-order valence-corrected chi connectivity index (χ1v) is 10.7. The van der Waals surface area contributed by atoms with Crippen LogP contribution in [0, 0.1) is 0 Å². The average molecular weight is 444 g/mol. The van der Waals surface area contributed by atoms with Crippen molar-refractivity contribution >= 4 is 24.9 Å². The molecule has 1 aliphatic rings. The number of rotatable bonds is 11. The smallest absolute Gasteiger partial charge is 0.432 e. The number of anilines is 1. The third-order valence-corrected chi connectivity index (χ3v) is 5.30. The Labute approximate surface area is 187 Å². The van der Waals surface area contributed by atoms with Gasteiger partial charge in [0.2, 0.25) is 11.8 Å². The molecule has 172 valence electrons. The maximum atomic E-state index is 13.0. The van der Waals surface area contributed by atoms with Crippen LogP contribution in [0.3, 0.4) is 0 Å². The van der Waals surface area contributed by atoms with Gasteiger partial charge >= 0.3 is 7.12 Å². The molecule has 1 saturated heterocycles. The second-order valence-corrected chi connectivity index (χ2v) is 7.64. The molecule has 2 aromatic rings. The van der Waals surface area contributed by atoms with Crippen molar-refractivity contribution in [2.45, 2.75) is 37.7 Å². The SMILES string of the molecule is O=C(N[C@@H](CCCc1ccccc1)B(O)O)C(CC(=O)N1CCOCC1)Nc1ncco1. The van der Waals surface area contributed by atoms with Crippen molar-refractivity contribution in [2.24, 2.45) is 0 Å². The molecule has 0 radical (unpaired) electrons. The number of oxazole rings is 1. The molecule has 32 heavy (non-hydrogen) atoms. The molecule has 2 atom stereocenters. The van der Waals surface area contributed by atoms with E-state index in [1.54, 1.807) is 4.90 Å². The first-order chi connectivity index (χ1) is 15.5. The molecule has 0 bridgehead atoms. The van der Waals surface area contributed by atoms with Gasteiger partial charge in [0.1, 0.15) is 12.3 Å². The molecule has 1 aliphatic heterocycles. The lowest BCUT2D eigenvalue weighted by Gasteiger charge is -2.29. The summed E-state index contributed by atoms with van der Waals surface area (Å²) in [5, 5.41) is 25.0. The molecule has 1 aromatic carbocycles. The van der Waals surface area contributed by atoms with Crippen LogP contribution in [0.4, 0.5) is 6.01 Å². The zero-order chi connectivity index (χ0) is 22.8. The third kappa shape index (κ3) is 7.36. The summed E-state index contributed by atoms with van der Waals surface area (Å²) in [7, 11) is -1.73. The van der Waals surface area contributed by atoms with Gasteiger partial charge in [-0.1, -0.05) is 30.3 Å². The number of morpholine rings is 1. The van der Waals surface area contributed by atoms with E-state index in [9.17, 15) is 19.6 Å². The molecule has 4 N–H and O–H groups in total. The van der Waals surface area contributed by atoms with Crippen LogP contribution in [-0.2, 0) is 20.7 Å². The van der Waals surface area contributed by atoms with E-state index in [1.807, 2.05) is 30.3 Å². The normalized spacial score (nSPS) is 15.6. The zero-order valence-electron chi connectivity index (χ0n) is 17.9. The number of hydrogen-bond donors (Lipinski definition) is 4. The summed E-state index contributed by atoms with van der Waals surface area (Å²) < 4.78 is 10.4. The number of nitrogens with one attached hydrogen (secondary N) is 2. The molecule has 1 fully saturated rings. The average Bonchev–Trinajstić information content (AvgIpc) is 3.32. The van der Waals surface area contributed by atoms with Gasteiger partial charge in [0, 0.05) is 13.1 Å². The minimum atomic E-state index is -1.73. The van der Waals surface area contributed by atoms with E-state index in [-0.39, 0.29) is 18.3 Å². The monoisotopic (exact) mass is 444 g/mol. The van der Waals surface area contributed by atoms with Crippen molar-refractivity contribution < 1.29 is 28.8 Å². The van der Waals surface area contributed by atoms with Crippen molar-refractivity contribution in [3.63, 3.8) is 0 Å². The summed E-state index contributed by atoms with van der Waals surface area (Å²) in [6, 6.07) is 8.93. The van der Waals surface area contributed by atoms with Crippen LogP contribution in [0.25, 0.3) is 0 Å². The number of nitrogens with zero attached hydrogens (tertiary/aromatic N) is 2. The van der Waals surface area contributed by atoms with E-state index in [0.717, 1.165) is 12.0 Å². The first kappa shape index (κ1) is 23.8. The first-order valence-electron chi connectivity index (χ1n) is 10.7. The number of aryl methyl sites for hydroxylation is 1. The highest BCUT2D eigenvalue weighted by Gasteiger charge is 2.31. The molecular weight excluding hydrogens is 415 g/mol. The Kier molecular flexibility index (Phi) is 9.08. The molecule has 0 spiro atoms. The Balaban J connectivity index is 1.59. The topological polar surface area (TPSA) is 137 Å². The number of benzene rings is 1. The Bertz CT molecular complexity index is 830.